The number of hydrogen-bond acceptors (Lipinski definition) is 5. The van der Waals surface area contributed by atoms with Crippen molar-refractivity contribution in [2.45, 2.75) is 24.8 Å². The first-order valence-electron chi connectivity index (χ1n) is 6.62. The molecule has 5 nitrogen and oxygen atoms in total. The Morgan fingerprint density at radius 2 is 2.05 bits per heavy atom. The van der Waals surface area contributed by atoms with E-state index in [9.17, 15) is 0 Å². The van der Waals surface area contributed by atoms with E-state index in [1.165, 1.54) is 5.56 Å². The van der Waals surface area contributed by atoms with E-state index < -0.39 is 0 Å². The monoisotopic (exact) mass is 300 g/mol. The molecule has 0 spiro atoms. The zero-order valence-electron chi connectivity index (χ0n) is 12.2. The first-order valence-corrected chi connectivity index (χ1v) is 7.61. The normalized spacial score (nSPS) is 11.0. The largest absolute Gasteiger partial charge is 0.497 e. The summed E-state index contributed by atoms with van der Waals surface area (Å²) in [5.41, 5.74) is 3.24. The summed E-state index contributed by atoms with van der Waals surface area (Å²) in [4.78, 5) is 4.40. The van der Waals surface area contributed by atoms with Crippen molar-refractivity contribution in [3.8, 4) is 5.75 Å². The second kappa shape index (κ2) is 5.73. The van der Waals surface area contributed by atoms with Gasteiger partial charge in [0.05, 0.1) is 7.11 Å². The smallest absolute Gasteiger partial charge is 0.256 e. The van der Waals surface area contributed by atoms with Crippen LogP contribution in [0.15, 0.2) is 35.5 Å². The Bertz CT molecular complexity index is 784. The maximum absolute atomic E-state index is 5.24. The SMILES string of the molecule is COc1cccc(CSc2nnc3nc(C)cc(C)n23)c1. The molecular formula is C15H16N4OS. The molecule has 3 rings (SSSR count). The van der Waals surface area contributed by atoms with Crippen LogP contribution < -0.4 is 4.74 Å². The van der Waals surface area contributed by atoms with Gasteiger partial charge in [-0.05, 0) is 37.6 Å². The summed E-state index contributed by atoms with van der Waals surface area (Å²) in [7, 11) is 1.68. The van der Waals surface area contributed by atoms with Gasteiger partial charge in [-0.1, -0.05) is 23.9 Å². The summed E-state index contributed by atoms with van der Waals surface area (Å²) >= 11 is 1.64. The predicted molar refractivity (Wildman–Crippen MR) is 82.8 cm³/mol. The van der Waals surface area contributed by atoms with E-state index in [2.05, 4.69) is 21.2 Å². The highest BCUT2D eigenvalue weighted by atomic mass is 32.2. The molecule has 0 aliphatic heterocycles. The highest BCUT2D eigenvalue weighted by molar-refractivity contribution is 7.98. The van der Waals surface area contributed by atoms with Crippen molar-refractivity contribution in [1.82, 2.24) is 19.6 Å². The van der Waals surface area contributed by atoms with Crippen LogP contribution in [0.25, 0.3) is 5.78 Å². The van der Waals surface area contributed by atoms with Crippen LogP contribution in [0.5, 0.6) is 5.75 Å². The van der Waals surface area contributed by atoms with Gasteiger partial charge >= 0.3 is 0 Å². The zero-order valence-corrected chi connectivity index (χ0v) is 13.0. The Kier molecular flexibility index (Phi) is 3.79. The number of aryl methyl sites for hydroxylation is 2. The number of thioether (sulfide) groups is 1. The fraction of sp³-hybridized carbons (Fsp3) is 0.267. The van der Waals surface area contributed by atoms with Gasteiger partial charge in [-0.15, -0.1) is 10.2 Å². The van der Waals surface area contributed by atoms with Crippen LogP contribution in [-0.4, -0.2) is 26.7 Å². The lowest BCUT2D eigenvalue weighted by atomic mass is 10.2. The van der Waals surface area contributed by atoms with Gasteiger partial charge in [0.25, 0.3) is 5.78 Å². The van der Waals surface area contributed by atoms with Gasteiger partial charge in [-0.2, -0.15) is 0 Å². The van der Waals surface area contributed by atoms with Crippen LogP contribution in [0.4, 0.5) is 0 Å². The van der Waals surface area contributed by atoms with Crippen LogP contribution in [-0.2, 0) is 5.75 Å². The van der Waals surface area contributed by atoms with Crippen molar-refractivity contribution in [2.75, 3.05) is 7.11 Å². The van der Waals surface area contributed by atoms with E-state index >= 15 is 0 Å². The first kappa shape index (κ1) is 13.9. The molecule has 0 radical (unpaired) electrons. The molecule has 1 aromatic carbocycles. The van der Waals surface area contributed by atoms with E-state index in [1.807, 2.05) is 42.5 Å². The second-order valence-electron chi connectivity index (χ2n) is 4.80. The van der Waals surface area contributed by atoms with Gasteiger partial charge in [-0.3, -0.25) is 4.40 Å². The summed E-state index contributed by atoms with van der Waals surface area (Å²) in [6, 6.07) is 10.1. The number of rotatable bonds is 4. The van der Waals surface area contributed by atoms with Crippen LogP contribution >= 0.6 is 11.8 Å². The summed E-state index contributed by atoms with van der Waals surface area (Å²) in [6.45, 7) is 4.01. The molecule has 2 aromatic heterocycles. The fourth-order valence-corrected chi connectivity index (χ4v) is 3.13. The molecule has 0 fully saturated rings. The van der Waals surface area contributed by atoms with Gasteiger partial charge in [0, 0.05) is 17.1 Å². The standard InChI is InChI=1S/C15H16N4OS/c1-10-7-11(2)19-14(16-10)17-18-15(19)21-9-12-5-4-6-13(8-12)20-3/h4-8H,9H2,1-3H3. The average Bonchev–Trinajstić information content (AvgIpc) is 2.88. The van der Waals surface area contributed by atoms with Gasteiger partial charge in [0.15, 0.2) is 5.16 Å². The maximum atomic E-state index is 5.24. The third-order valence-electron chi connectivity index (χ3n) is 3.17. The van der Waals surface area contributed by atoms with Crippen LogP contribution in [0, 0.1) is 13.8 Å². The minimum absolute atomic E-state index is 0.653. The zero-order chi connectivity index (χ0) is 14.8. The fourth-order valence-electron chi connectivity index (χ4n) is 2.20. The third kappa shape index (κ3) is 2.85. The lowest BCUT2D eigenvalue weighted by molar-refractivity contribution is 0.414. The Hall–Kier alpha value is -2.08. The molecule has 3 aromatic rings. The van der Waals surface area contributed by atoms with Crippen molar-refractivity contribution >= 4 is 17.5 Å². The number of fused-ring (bicyclic) bond motifs is 1. The molecule has 0 N–H and O–H groups in total. The molecule has 2 heterocycles. The van der Waals surface area contributed by atoms with Crippen molar-refractivity contribution in [1.29, 1.82) is 0 Å². The Morgan fingerprint density at radius 3 is 2.86 bits per heavy atom. The van der Waals surface area contributed by atoms with Gasteiger partial charge in [0.2, 0.25) is 0 Å². The summed E-state index contributed by atoms with van der Waals surface area (Å²) in [5.74, 6) is 2.33. The van der Waals surface area contributed by atoms with Crippen molar-refractivity contribution in [2.24, 2.45) is 0 Å². The number of ether oxygens (including phenoxy) is 1. The van der Waals surface area contributed by atoms with Gasteiger partial charge < -0.3 is 4.74 Å². The molecule has 0 saturated carbocycles. The number of benzene rings is 1. The van der Waals surface area contributed by atoms with Crippen LogP contribution in [0.1, 0.15) is 17.0 Å². The van der Waals surface area contributed by atoms with E-state index in [0.717, 1.165) is 28.0 Å². The van der Waals surface area contributed by atoms with E-state index in [0.29, 0.717) is 5.78 Å². The predicted octanol–water partition coefficient (Wildman–Crippen LogP) is 3.04. The van der Waals surface area contributed by atoms with Crippen molar-refractivity contribution in [3.05, 3.63) is 47.3 Å². The topological polar surface area (TPSA) is 52.3 Å². The lowest BCUT2D eigenvalue weighted by Crippen LogP contribution is -1.97. The molecule has 0 unspecified atom stereocenters. The second-order valence-corrected chi connectivity index (χ2v) is 5.74. The molecule has 0 atom stereocenters. The highest BCUT2D eigenvalue weighted by Gasteiger charge is 2.10. The number of methoxy groups -OCH3 is 1. The minimum Gasteiger partial charge on any atom is -0.497 e. The maximum Gasteiger partial charge on any atom is 0.256 e. The van der Waals surface area contributed by atoms with E-state index in [-0.39, 0.29) is 0 Å². The molecule has 21 heavy (non-hydrogen) atoms. The van der Waals surface area contributed by atoms with Gasteiger partial charge in [0.1, 0.15) is 5.75 Å². The number of aromatic nitrogens is 4. The molecule has 0 aliphatic carbocycles. The number of hydrogen-bond donors (Lipinski definition) is 0. The van der Waals surface area contributed by atoms with Crippen molar-refractivity contribution in [3.63, 3.8) is 0 Å². The molecule has 6 heteroatoms. The third-order valence-corrected chi connectivity index (χ3v) is 4.17. The Morgan fingerprint density at radius 1 is 1.19 bits per heavy atom. The van der Waals surface area contributed by atoms with Crippen molar-refractivity contribution < 1.29 is 4.74 Å². The molecule has 0 bridgehead atoms. The molecule has 108 valence electrons. The minimum atomic E-state index is 0.653. The summed E-state index contributed by atoms with van der Waals surface area (Å²) < 4.78 is 7.23. The van der Waals surface area contributed by atoms with Gasteiger partial charge in [-0.25, -0.2) is 4.98 Å². The Labute approximate surface area is 127 Å². The summed E-state index contributed by atoms with van der Waals surface area (Å²) in [6.07, 6.45) is 0. The van der Waals surface area contributed by atoms with E-state index in [1.54, 1.807) is 18.9 Å². The summed E-state index contributed by atoms with van der Waals surface area (Å²) in [5, 5.41) is 9.24. The molecule has 0 amide bonds. The van der Waals surface area contributed by atoms with Crippen LogP contribution in [0.2, 0.25) is 0 Å². The molecule has 0 aliphatic rings. The molecular weight excluding hydrogens is 284 g/mol. The highest BCUT2D eigenvalue weighted by Crippen LogP contribution is 2.24. The van der Waals surface area contributed by atoms with E-state index in [4.69, 9.17) is 4.74 Å². The van der Waals surface area contributed by atoms with Crippen LogP contribution in [0.3, 0.4) is 0 Å². The average molecular weight is 300 g/mol. The Balaban J connectivity index is 1.85. The molecule has 0 saturated heterocycles. The lowest BCUT2D eigenvalue weighted by Gasteiger charge is -2.05. The first-order chi connectivity index (χ1) is 10.2. The quantitative estimate of drug-likeness (QED) is 0.693. The number of nitrogens with zero attached hydrogens (tertiary/aromatic N) is 4.